The molecule has 1 aromatic carbocycles. The van der Waals surface area contributed by atoms with Crippen LogP contribution in [-0.2, 0) is 4.79 Å². The Morgan fingerprint density at radius 2 is 1.93 bits per heavy atom. The second kappa shape index (κ2) is 10.5. The SMILES string of the molecule is CCC(c1nnc(SCC(=O)NCC(C)C)n1-c1ccc(OC)cc1)N(C)C. The van der Waals surface area contributed by atoms with E-state index in [4.69, 9.17) is 4.74 Å². The van der Waals surface area contributed by atoms with Gasteiger partial charge in [0, 0.05) is 12.2 Å². The van der Waals surface area contributed by atoms with Crippen molar-refractivity contribution in [3.8, 4) is 11.4 Å². The molecule has 0 saturated carbocycles. The molecule has 0 radical (unpaired) electrons. The van der Waals surface area contributed by atoms with Crippen LogP contribution in [0, 0.1) is 5.92 Å². The summed E-state index contributed by atoms with van der Waals surface area (Å²) in [7, 11) is 5.72. The van der Waals surface area contributed by atoms with E-state index in [1.165, 1.54) is 11.8 Å². The monoisotopic (exact) mass is 405 g/mol. The smallest absolute Gasteiger partial charge is 0.230 e. The van der Waals surface area contributed by atoms with Crippen molar-refractivity contribution < 1.29 is 9.53 Å². The van der Waals surface area contributed by atoms with Crippen molar-refractivity contribution in [2.45, 2.75) is 38.4 Å². The molecule has 0 fully saturated rings. The summed E-state index contributed by atoms with van der Waals surface area (Å²) in [6.45, 7) is 6.95. The summed E-state index contributed by atoms with van der Waals surface area (Å²) in [5.74, 6) is 2.39. The number of nitrogens with zero attached hydrogens (tertiary/aromatic N) is 4. The highest BCUT2D eigenvalue weighted by Crippen LogP contribution is 2.29. The molecule has 0 aliphatic rings. The predicted octanol–water partition coefficient (Wildman–Crippen LogP) is 3.15. The molecule has 1 aromatic heterocycles. The van der Waals surface area contributed by atoms with Crippen LogP contribution in [0.1, 0.15) is 39.1 Å². The Hall–Kier alpha value is -2.06. The van der Waals surface area contributed by atoms with Gasteiger partial charge in [0.15, 0.2) is 11.0 Å². The van der Waals surface area contributed by atoms with Crippen molar-refractivity contribution in [1.29, 1.82) is 0 Å². The highest BCUT2D eigenvalue weighted by Gasteiger charge is 2.23. The molecule has 1 unspecified atom stereocenters. The zero-order chi connectivity index (χ0) is 20.7. The van der Waals surface area contributed by atoms with E-state index in [0.717, 1.165) is 23.7 Å². The fourth-order valence-corrected chi connectivity index (χ4v) is 3.63. The Labute approximate surface area is 171 Å². The van der Waals surface area contributed by atoms with Gasteiger partial charge in [0.1, 0.15) is 5.75 Å². The lowest BCUT2D eigenvalue weighted by molar-refractivity contribution is -0.118. The molecular weight excluding hydrogens is 374 g/mol. The van der Waals surface area contributed by atoms with Crippen molar-refractivity contribution in [2.24, 2.45) is 5.92 Å². The Morgan fingerprint density at radius 1 is 1.25 bits per heavy atom. The number of ether oxygens (including phenoxy) is 1. The topological polar surface area (TPSA) is 72.3 Å². The summed E-state index contributed by atoms with van der Waals surface area (Å²) in [6, 6.07) is 7.92. The molecule has 1 amide bonds. The van der Waals surface area contributed by atoms with E-state index in [-0.39, 0.29) is 11.9 Å². The molecule has 0 aliphatic heterocycles. The van der Waals surface area contributed by atoms with Gasteiger partial charge in [0.25, 0.3) is 0 Å². The molecule has 7 nitrogen and oxygen atoms in total. The minimum atomic E-state index is 0.00387. The molecule has 0 saturated heterocycles. The van der Waals surface area contributed by atoms with Crippen LogP contribution in [-0.4, -0.2) is 59.1 Å². The fraction of sp³-hybridized carbons (Fsp3) is 0.550. The third kappa shape index (κ3) is 5.72. The average Bonchev–Trinajstić information content (AvgIpc) is 3.08. The Morgan fingerprint density at radius 3 is 2.46 bits per heavy atom. The lowest BCUT2D eigenvalue weighted by atomic mass is 10.2. The van der Waals surface area contributed by atoms with Gasteiger partial charge < -0.3 is 10.1 Å². The normalized spacial score (nSPS) is 12.4. The Bertz CT molecular complexity index is 758. The highest BCUT2D eigenvalue weighted by atomic mass is 32.2. The molecule has 0 aliphatic carbocycles. The Kier molecular flexibility index (Phi) is 8.32. The van der Waals surface area contributed by atoms with Gasteiger partial charge in [-0.3, -0.25) is 14.3 Å². The predicted molar refractivity (Wildman–Crippen MR) is 113 cm³/mol. The molecule has 1 heterocycles. The number of benzene rings is 1. The summed E-state index contributed by atoms with van der Waals surface area (Å²) in [4.78, 5) is 14.3. The van der Waals surface area contributed by atoms with E-state index >= 15 is 0 Å². The number of aromatic nitrogens is 3. The van der Waals surface area contributed by atoms with Crippen LogP contribution in [0.4, 0.5) is 0 Å². The van der Waals surface area contributed by atoms with E-state index < -0.39 is 0 Å². The van der Waals surface area contributed by atoms with Gasteiger partial charge in [-0.15, -0.1) is 10.2 Å². The van der Waals surface area contributed by atoms with E-state index in [2.05, 4.69) is 41.2 Å². The number of amides is 1. The van der Waals surface area contributed by atoms with Crippen molar-refractivity contribution >= 4 is 17.7 Å². The quantitative estimate of drug-likeness (QED) is 0.612. The van der Waals surface area contributed by atoms with Gasteiger partial charge in [-0.1, -0.05) is 32.5 Å². The van der Waals surface area contributed by atoms with Crippen molar-refractivity contribution in [3.63, 3.8) is 0 Å². The van der Waals surface area contributed by atoms with E-state index in [0.29, 0.717) is 23.4 Å². The first-order valence-corrected chi connectivity index (χ1v) is 10.5. The second-order valence-electron chi connectivity index (χ2n) is 7.25. The average molecular weight is 406 g/mol. The molecule has 28 heavy (non-hydrogen) atoms. The zero-order valence-corrected chi connectivity index (χ0v) is 18.4. The summed E-state index contributed by atoms with van der Waals surface area (Å²) in [6.07, 6.45) is 0.904. The van der Waals surface area contributed by atoms with Gasteiger partial charge in [0.2, 0.25) is 5.91 Å². The maximum Gasteiger partial charge on any atom is 0.230 e. The first-order chi connectivity index (χ1) is 13.4. The van der Waals surface area contributed by atoms with Gasteiger partial charge in [-0.25, -0.2) is 0 Å². The molecule has 0 spiro atoms. The van der Waals surface area contributed by atoms with Crippen molar-refractivity contribution in [2.75, 3.05) is 33.5 Å². The van der Waals surface area contributed by atoms with Gasteiger partial charge in [-0.05, 0) is 50.7 Å². The largest absolute Gasteiger partial charge is 0.497 e. The van der Waals surface area contributed by atoms with Crippen LogP contribution in [0.5, 0.6) is 5.75 Å². The standard InChI is InChI=1S/C20H31N5O2S/c1-7-17(24(4)5)19-22-23-20(28-13-18(26)21-12-14(2)3)25(19)15-8-10-16(27-6)11-9-15/h8-11,14,17H,7,12-13H2,1-6H3,(H,21,26). The number of carbonyl (C=O) groups is 1. The fourth-order valence-electron chi connectivity index (χ4n) is 2.84. The molecule has 1 N–H and O–H groups in total. The van der Waals surface area contributed by atoms with Crippen molar-refractivity contribution in [3.05, 3.63) is 30.1 Å². The number of hydrogen-bond acceptors (Lipinski definition) is 6. The second-order valence-corrected chi connectivity index (χ2v) is 8.19. The van der Waals surface area contributed by atoms with Crippen LogP contribution in [0.2, 0.25) is 0 Å². The third-order valence-electron chi connectivity index (χ3n) is 4.34. The van der Waals surface area contributed by atoms with E-state index in [1.54, 1.807) is 7.11 Å². The van der Waals surface area contributed by atoms with Crippen LogP contribution in [0.15, 0.2) is 29.4 Å². The lowest BCUT2D eigenvalue weighted by Crippen LogP contribution is -2.28. The number of rotatable bonds is 10. The maximum absolute atomic E-state index is 12.1. The van der Waals surface area contributed by atoms with Crippen molar-refractivity contribution in [1.82, 2.24) is 25.0 Å². The van der Waals surface area contributed by atoms with Gasteiger partial charge in [0.05, 0.1) is 18.9 Å². The molecule has 154 valence electrons. The molecule has 0 bridgehead atoms. The number of carbonyl (C=O) groups excluding carboxylic acids is 1. The molecule has 1 atom stereocenters. The summed E-state index contributed by atoms with van der Waals surface area (Å²) < 4.78 is 7.31. The van der Waals surface area contributed by atoms with Crippen LogP contribution >= 0.6 is 11.8 Å². The van der Waals surface area contributed by atoms with E-state index in [1.807, 2.05) is 42.9 Å². The van der Waals surface area contributed by atoms with Gasteiger partial charge >= 0.3 is 0 Å². The number of nitrogens with one attached hydrogen (secondary N) is 1. The van der Waals surface area contributed by atoms with Crippen LogP contribution < -0.4 is 10.1 Å². The number of hydrogen-bond donors (Lipinski definition) is 1. The highest BCUT2D eigenvalue weighted by molar-refractivity contribution is 7.99. The minimum Gasteiger partial charge on any atom is -0.497 e. The number of methoxy groups -OCH3 is 1. The van der Waals surface area contributed by atoms with Crippen LogP contribution in [0.3, 0.4) is 0 Å². The lowest BCUT2D eigenvalue weighted by Gasteiger charge is -2.23. The first-order valence-electron chi connectivity index (χ1n) is 9.53. The first kappa shape index (κ1) is 22.2. The molecule has 2 rings (SSSR count). The van der Waals surface area contributed by atoms with Gasteiger partial charge in [-0.2, -0.15) is 0 Å². The van der Waals surface area contributed by atoms with E-state index in [9.17, 15) is 4.79 Å². The summed E-state index contributed by atoms with van der Waals surface area (Å²) in [5.41, 5.74) is 0.950. The zero-order valence-electron chi connectivity index (χ0n) is 17.6. The molecular formula is C20H31N5O2S. The van der Waals surface area contributed by atoms with Crippen LogP contribution in [0.25, 0.3) is 5.69 Å². The number of thioether (sulfide) groups is 1. The molecule has 8 heteroatoms. The third-order valence-corrected chi connectivity index (χ3v) is 5.27. The minimum absolute atomic E-state index is 0.00387. The summed E-state index contributed by atoms with van der Waals surface area (Å²) in [5, 5.41) is 12.5. The summed E-state index contributed by atoms with van der Waals surface area (Å²) >= 11 is 1.40. The maximum atomic E-state index is 12.1. The Balaban J connectivity index is 2.31. The molecule has 2 aromatic rings.